The molecule has 3 N–H and O–H groups in total. The number of aromatic nitrogens is 2. The highest BCUT2D eigenvalue weighted by atomic mass is 32.2. The van der Waals surface area contributed by atoms with Crippen LogP contribution in [0.5, 0.6) is 0 Å². The molecular formula is C12H14FN5O3S. The predicted molar refractivity (Wildman–Crippen MR) is 77.5 cm³/mol. The van der Waals surface area contributed by atoms with Crippen LogP contribution in [0.25, 0.3) is 0 Å². The number of rotatable bonds is 5. The Bertz CT molecular complexity index is 816. The third kappa shape index (κ3) is 4.09. The standard InChI is InChI=1S/C12H14FN5O3S/c1-7-5-8(3-4-9(7)13)16-12(14)11-10(17-21-18-11)6-15-22(2,19)20/h3-5,15H,6H2,1-2H3,(H2,14,16). The van der Waals surface area contributed by atoms with Crippen LogP contribution in [0.2, 0.25) is 0 Å². The van der Waals surface area contributed by atoms with Crippen LogP contribution in [0.3, 0.4) is 0 Å². The van der Waals surface area contributed by atoms with Crippen LogP contribution in [-0.2, 0) is 16.6 Å². The third-order valence-corrected chi connectivity index (χ3v) is 3.36. The Kier molecular flexibility index (Phi) is 4.52. The van der Waals surface area contributed by atoms with Crippen molar-refractivity contribution >= 4 is 21.5 Å². The van der Waals surface area contributed by atoms with E-state index in [0.29, 0.717) is 11.3 Å². The largest absolute Gasteiger partial charge is 0.382 e. The van der Waals surface area contributed by atoms with Crippen LogP contribution in [0.4, 0.5) is 10.1 Å². The first kappa shape index (κ1) is 16.0. The minimum absolute atomic E-state index is 0.0161. The smallest absolute Gasteiger partial charge is 0.209 e. The molecule has 0 atom stereocenters. The number of halogens is 1. The fraction of sp³-hybridized carbons (Fsp3) is 0.250. The lowest BCUT2D eigenvalue weighted by Gasteiger charge is -2.02. The number of amidine groups is 1. The van der Waals surface area contributed by atoms with Crippen molar-refractivity contribution in [2.45, 2.75) is 13.5 Å². The second kappa shape index (κ2) is 6.20. The summed E-state index contributed by atoms with van der Waals surface area (Å²) < 4.78 is 42.2. The van der Waals surface area contributed by atoms with Crippen molar-refractivity contribution in [2.75, 3.05) is 6.26 Å². The van der Waals surface area contributed by atoms with E-state index < -0.39 is 10.0 Å². The molecule has 1 heterocycles. The maximum absolute atomic E-state index is 13.2. The van der Waals surface area contributed by atoms with E-state index in [1.807, 2.05) is 0 Å². The van der Waals surface area contributed by atoms with E-state index in [4.69, 9.17) is 5.73 Å². The molecule has 0 saturated carbocycles. The van der Waals surface area contributed by atoms with Crippen molar-refractivity contribution in [3.05, 3.63) is 41.0 Å². The topological polar surface area (TPSA) is 123 Å². The number of aliphatic imine (C=N–C) groups is 1. The first-order valence-corrected chi connectivity index (χ1v) is 8.02. The van der Waals surface area contributed by atoms with E-state index in [1.54, 1.807) is 6.92 Å². The maximum Gasteiger partial charge on any atom is 0.209 e. The van der Waals surface area contributed by atoms with E-state index in [-0.39, 0.29) is 29.6 Å². The molecule has 0 spiro atoms. The zero-order valence-electron chi connectivity index (χ0n) is 11.9. The molecule has 0 fully saturated rings. The van der Waals surface area contributed by atoms with Gasteiger partial charge in [0.05, 0.1) is 18.5 Å². The summed E-state index contributed by atoms with van der Waals surface area (Å²) in [6.45, 7) is 1.47. The molecule has 22 heavy (non-hydrogen) atoms. The lowest BCUT2D eigenvalue weighted by atomic mass is 10.2. The van der Waals surface area contributed by atoms with Crippen molar-refractivity contribution in [1.82, 2.24) is 15.0 Å². The Morgan fingerprint density at radius 3 is 2.82 bits per heavy atom. The number of aryl methyl sites for hydroxylation is 1. The normalized spacial score (nSPS) is 12.6. The van der Waals surface area contributed by atoms with E-state index in [1.165, 1.54) is 18.2 Å². The Balaban J connectivity index is 2.25. The van der Waals surface area contributed by atoms with Crippen LogP contribution >= 0.6 is 0 Å². The van der Waals surface area contributed by atoms with Crippen molar-refractivity contribution < 1.29 is 17.4 Å². The molecule has 2 aromatic rings. The van der Waals surface area contributed by atoms with Gasteiger partial charge in [-0.25, -0.2) is 27.2 Å². The fourth-order valence-electron chi connectivity index (χ4n) is 1.61. The average Bonchev–Trinajstić information content (AvgIpc) is 2.88. The quantitative estimate of drug-likeness (QED) is 0.612. The number of hydrogen-bond donors (Lipinski definition) is 2. The highest BCUT2D eigenvalue weighted by molar-refractivity contribution is 7.88. The van der Waals surface area contributed by atoms with Gasteiger partial charge in [0.2, 0.25) is 10.0 Å². The monoisotopic (exact) mass is 327 g/mol. The summed E-state index contributed by atoms with van der Waals surface area (Å²) >= 11 is 0. The summed E-state index contributed by atoms with van der Waals surface area (Å²) in [4.78, 5) is 4.10. The van der Waals surface area contributed by atoms with Gasteiger partial charge in [0.15, 0.2) is 11.5 Å². The van der Waals surface area contributed by atoms with E-state index in [0.717, 1.165) is 6.26 Å². The summed E-state index contributed by atoms with van der Waals surface area (Å²) in [6.07, 6.45) is 1.01. The number of nitrogens with zero attached hydrogens (tertiary/aromatic N) is 3. The molecule has 0 radical (unpaired) electrons. The predicted octanol–water partition coefficient (Wildman–Crippen LogP) is 0.603. The number of sulfonamides is 1. The van der Waals surface area contributed by atoms with Crippen molar-refractivity contribution in [2.24, 2.45) is 10.7 Å². The van der Waals surface area contributed by atoms with Crippen molar-refractivity contribution in [3.63, 3.8) is 0 Å². The molecule has 0 unspecified atom stereocenters. The zero-order chi connectivity index (χ0) is 16.3. The Labute approximate surface area is 126 Å². The van der Waals surface area contributed by atoms with Crippen LogP contribution in [0.1, 0.15) is 17.0 Å². The molecule has 1 aromatic heterocycles. The molecule has 10 heteroatoms. The first-order chi connectivity index (χ1) is 10.3. The molecule has 118 valence electrons. The average molecular weight is 327 g/mol. The Morgan fingerprint density at radius 1 is 1.45 bits per heavy atom. The van der Waals surface area contributed by atoms with Gasteiger partial charge in [0.25, 0.3) is 0 Å². The van der Waals surface area contributed by atoms with Gasteiger partial charge in [0, 0.05) is 0 Å². The molecule has 0 saturated heterocycles. The van der Waals surface area contributed by atoms with Crippen LogP contribution in [-0.4, -0.2) is 30.8 Å². The molecule has 0 aliphatic carbocycles. The number of hydrogen-bond acceptors (Lipinski definition) is 6. The minimum Gasteiger partial charge on any atom is -0.382 e. The van der Waals surface area contributed by atoms with Crippen LogP contribution in [0, 0.1) is 12.7 Å². The summed E-state index contributed by atoms with van der Waals surface area (Å²) in [5, 5.41) is 7.18. The van der Waals surface area contributed by atoms with Gasteiger partial charge >= 0.3 is 0 Å². The van der Waals surface area contributed by atoms with Gasteiger partial charge < -0.3 is 5.73 Å². The first-order valence-electron chi connectivity index (χ1n) is 6.13. The maximum atomic E-state index is 13.2. The van der Waals surface area contributed by atoms with Crippen LogP contribution < -0.4 is 10.5 Å². The summed E-state index contributed by atoms with van der Waals surface area (Å²) in [6, 6.07) is 4.25. The molecular weight excluding hydrogens is 313 g/mol. The highest BCUT2D eigenvalue weighted by Crippen LogP contribution is 2.17. The summed E-state index contributed by atoms with van der Waals surface area (Å²) in [5.41, 5.74) is 6.99. The third-order valence-electron chi connectivity index (χ3n) is 2.69. The Hall–Kier alpha value is -2.33. The van der Waals surface area contributed by atoms with Gasteiger partial charge in [-0.15, -0.1) is 0 Å². The van der Waals surface area contributed by atoms with Crippen molar-refractivity contribution in [3.8, 4) is 0 Å². The van der Waals surface area contributed by atoms with E-state index >= 15 is 0 Å². The van der Waals surface area contributed by atoms with Crippen molar-refractivity contribution in [1.29, 1.82) is 0 Å². The van der Waals surface area contributed by atoms with Gasteiger partial charge in [-0.2, -0.15) is 0 Å². The minimum atomic E-state index is -3.39. The summed E-state index contributed by atoms with van der Waals surface area (Å²) in [5.74, 6) is -0.365. The van der Waals surface area contributed by atoms with E-state index in [9.17, 15) is 12.8 Å². The molecule has 0 bridgehead atoms. The molecule has 0 amide bonds. The molecule has 0 aliphatic heterocycles. The molecule has 1 aromatic carbocycles. The SMILES string of the molecule is Cc1cc(N=C(N)c2nonc2CNS(C)(=O)=O)ccc1F. The number of nitrogens with two attached hydrogens (primary N) is 1. The number of nitrogens with one attached hydrogen (secondary N) is 1. The molecule has 2 rings (SSSR count). The Morgan fingerprint density at radius 2 is 2.18 bits per heavy atom. The number of benzene rings is 1. The lowest BCUT2D eigenvalue weighted by Crippen LogP contribution is -2.24. The van der Waals surface area contributed by atoms with Gasteiger partial charge in [-0.3, -0.25) is 0 Å². The van der Waals surface area contributed by atoms with E-state index in [2.05, 4.69) is 24.7 Å². The zero-order valence-corrected chi connectivity index (χ0v) is 12.7. The fourth-order valence-corrected chi connectivity index (χ4v) is 2.01. The molecule has 0 aliphatic rings. The van der Waals surface area contributed by atoms with Crippen LogP contribution in [0.15, 0.2) is 27.8 Å². The van der Waals surface area contributed by atoms with Gasteiger partial charge in [0.1, 0.15) is 11.5 Å². The second-order valence-electron chi connectivity index (χ2n) is 4.58. The molecule has 8 nitrogen and oxygen atoms in total. The summed E-state index contributed by atoms with van der Waals surface area (Å²) in [7, 11) is -3.39. The lowest BCUT2D eigenvalue weighted by molar-refractivity contribution is 0.302. The van der Waals surface area contributed by atoms with Gasteiger partial charge in [-0.1, -0.05) is 5.16 Å². The highest BCUT2D eigenvalue weighted by Gasteiger charge is 2.15. The van der Waals surface area contributed by atoms with Gasteiger partial charge in [-0.05, 0) is 35.8 Å². The second-order valence-corrected chi connectivity index (χ2v) is 6.42.